The second-order valence-corrected chi connectivity index (χ2v) is 8.08. The molecule has 7 heteroatoms. The Kier molecular flexibility index (Phi) is 6.23. The quantitative estimate of drug-likeness (QED) is 0.847. The zero-order valence-corrected chi connectivity index (χ0v) is 15.4. The molecule has 6 nitrogen and oxygen atoms in total. The van der Waals surface area contributed by atoms with Gasteiger partial charge >= 0.3 is 0 Å². The smallest absolute Gasteiger partial charge is 0.257 e. The highest BCUT2D eigenvalue weighted by molar-refractivity contribution is 7.89. The van der Waals surface area contributed by atoms with Gasteiger partial charge in [0.15, 0.2) is 0 Å². The van der Waals surface area contributed by atoms with Gasteiger partial charge in [0.05, 0.1) is 18.4 Å². The normalized spacial score (nSPS) is 16.2. The van der Waals surface area contributed by atoms with Gasteiger partial charge in [-0.15, -0.1) is 0 Å². The number of likely N-dealkylation sites (tertiary alicyclic amines) is 1. The van der Waals surface area contributed by atoms with E-state index >= 15 is 0 Å². The van der Waals surface area contributed by atoms with Gasteiger partial charge in [0.1, 0.15) is 5.75 Å². The van der Waals surface area contributed by atoms with Crippen molar-refractivity contribution in [2.24, 2.45) is 0 Å². The Bertz CT molecular complexity index is 680. The van der Waals surface area contributed by atoms with Gasteiger partial charge < -0.3 is 9.64 Å². The average Bonchev–Trinajstić information content (AvgIpc) is 2.54. The second-order valence-electron chi connectivity index (χ2n) is 6.21. The van der Waals surface area contributed by atoms with E-state index in [0.29, 0.717) is 43.7 Å². The number of nitrogens with zero attached hydrogens (tertiary/aromatic N) is 1. The molecular formula is C17H26N2O4S. The fourth-order valence-corrected chi connectivity index (χ4v) is 4.34. The van der Waals surface area contributed by atoms with Crippen LogP contribution in [0.2, 0.25) is 0 Å². The summed E-state index contributed by atoms with van der Waals surface area (Å²) in [6.07, 6.45) is 1.85. The number of ether oxygens (including phenoxy) is 1. The maximum Gasteiger partial charge on any atom is 0.257 e. The molecule has 0 bridgehead atoms. The summed E-state index contributed by atoms with van der Waals surface area (Å²) in [4.78, 5) is 14.5. The molecule has 0 unspecified atom stereocenters. The molecule has 0 aliphatic carbocycles. The highest BCUT2D eigenvalue weighted by Gasteiger charge is 2.27. The fraction of sp³-hybridized carbons (Fsp3) is 0.588. The number of sulfonamides is 1. The highest BCUT2D eigenvalue weighted by Crippen LogP contribution is 2.23. The molecule has 1 aromatic rings. The van der Waals surface area contributed by atoms with Crippen molar-refractivity contribution in [1.29, 1.82) is 0 Å². The average molecular weight is 354 g/mol. The molecule has 0 aromatic heterocycles. The number of benzene rings is 1. The minimum Gasteiger partial charge on any atom is -0.496 e. The van der Waals surface area contributed by atoms with E-state index < -0.39 is 10.0 Å². The molecule has 1 aliphatic rings. The molecule has 0 saturated carbocycles. The number of carbonyl (C=O) groups is 1. The van der Waals surface area contributed by atoms with Gasteiger partial charge in [0.25, 0.3) is 5.91 Å². The third-order valence-corrected chi connectivity index (χ3v) is 5.82. The predicted molar refractivity (Wildman–Crippen MR) is 93.9 cm³/mol. The Balaban J connectivity index is 2.00. The minimum atomic E-state index is -3.21. The molecule has 1 heterocycles. The topological polar surface area (TPSA) is 75.7 Å². The van der Waals surface area contributed by atoms with Crippen LogP contribution in [-0.2, 0) is 10.0 Å². The Morgan fingerprint density at radius 3 is 2.58 bits per heavy atom. The van der Waals surface area contributed by atoms with E-state index in [0.717, 1.165) is 5.56 Å². The summed E-state index contributed by atoms with van der Waals surface area (Å²) >= 11 is 0. The number of hydrogen-bond acceptors (Lipinski definition) is 4. The van der Waals surface area contributed by atoms with Gasteiger partial charge in [-0.3, -0.25) is 4.79 Å². The lowest BCUT2D eigenvalue weighted by molar-refractivity contribution is 0.0708. The third-order valence-electron chi connectivity index (χ3n) is 4.19. The van der Waals surface area contributed by atoms with Crippen molar-refractivity contribution in [3.63, 3.8) is 0 Å². The molecule has 1 amide bonds. The lowest BCUT2D eigenvalue weighted by Crippen LogP contribution is -2.47. The first-order valence-corrected chi connectivity index (χ1v) is 9.95. The number of piperidine rings is 1. The summed E-state index contributed by atoms with van der Waals surface area (Å²) < 4.78 is 31.7. The SMILES string of the molecule is CCCS(=O)(=O)NC1CCN(C(=O)c2cc(C)ccc2OC)CC1. The van der Waals surface area contributed by atoms with E-state index in [1.165, 1.54) is 0 Å². The minimum absolute atomic E-state index is 0.0644. The van der Waals surface area contributed by atoms with E-state index in [9.17, 15) is 13.2 Å². The Labute approximate surface area is 144 Å². The molecule has 1 fully saturated rings. The number of methoxy groups -OCH3 is 1. The first kappa shape index (κ1) is 18.7. The summed E-state index contributed by atoms with van der Waals surface area (Å²) in [5, 5.41) is 0. The van der Waals surface area contributed by atoms with Crippen molar-refractivity contribution in [3.05, 3.63) is 29.3 Å². The first-order valence-electron chi connectivity index (χ1n) is 8.30. The van der Waals surface area contributed by atoms with Gasteiger partial charge in [-0.25, -0.2) is 13.1 Å². The lowest BCUT2D eigenvalue weighted by atomic mass is 10.0. The van der Waals surface area contributed by atoms with Crippen LogP contribution in [0, 0.1) is 6.92 Å². The molecule has 1 saturated heterocycles. The van der Waals surface area contributed by atoms with Crippen molar-refractivity contribution < 1.29 is 17.9 Å². The van der Waals surface area contributed by atoms with Crippen LogP contribution in [-0.4, -0.2) is 51.2 Å². The molecule has 0 atom stereocenters. The van der Waals surface area contributed by atoms with Crippen LogP contribution in [0.4, 0.5) is 0 Å². The van der Waals surface area contributed by atoms with E-state index in [1.807, 2.05) is 26.0 Å². The predicted octanol–water partition coefficient (Wildman–Crippen LogP) is 1.94. The number of hydrogen-bond donors (Lipinski definition) is 1. The molecule has 0 spiro atoms. The molecule has 2 rings (SSSR count). The standard InChI is InChI=1S/C17H26N2O4S/c1-4-11-24(21,22)18-14-7-9-19(10-8-14)17(20)15-12-13(2)5-6-16(15)23-3/h5-6,12,14,18H,4,7-11H2,1-3H3. The number of nitrogens with one attached hydrogen (secondary N) is 1. The Morgan fingerprint density at radius 1 is 1.33 bits per heavy atom. The zero-order chi connectivity index (χ0) is 17.7. The highest BCUT2D eigenvalue weighted by atomic mass is 32.2. The first-order chi connectivity index (χ1) is 11.4. The maximum absolute atomic E-state index is 12.7. The van der Waals surface area contributed by atoms with Crippen LogP contribution >= 0.6 is 0 Å². The number of aryl methyl sites for hydroxylation is 1. The Morgan fingerprint density at radius 2 is 2.00 bits per heavy atom. The molecule has 1 aliphatic heterocycles. The van der Waals surface area contributed by atoms with Gasteiger partial charge in [-0.1, -0.05) is 18.6 Å². The van der Waals surface area contributed by atoms with Gasteiger partial charge in [0, 0.05) is 19.1 Å². The van der Waals surface area contributed by atoms with Crippen LogP contribution in [0.25, 0.3) is 0 Å². The van der Waals surface area contributed by atoms with Gasteiger partial charge in [-0.05, 0) is 38.3 Å². The number of carbonyl (C=O) groups excluding carboxylic acids is 1. The van der Waals surface area contributed by atoms with Gasteiger partial charge in [0.2, 0.25) is 10.0 Å². The van der Waals surface area contributed by atoms with Crippen molar-refractivity contribution in [3.8, 4) is 5.75 Å². The summed E-state index contributed by atoms with van der Waals surface area (Å²) in [7, 11) is -1.66. The second kappa shape index (κ2) is 7.98. The van der Waals surface area contributed by atoms with Crippen LogP contribution in [0.15, 0.2) is 18.2 Å². The summed E-state index contributed by atoms with van der Waals surface area (Å²) in [6.45, 7) is 4.85. The monoisotopic (exact) mass is 354 g/mol. The van der Waals surface area contributed by atoms with Crippen molar-refractivity contribution in [2.45, 2.75) is 39.2 Å². The molecule has 0 radical (unpaired) electrons. The van der Waals surface area contributed by atoms with Crippen LogP contribution in [0.1, 0.15) is 42.1 Å². The summed E-state index contributed by atoms with van der Waals surface area (Å²) in [5.74, 6) is 0.647. The van der Waals surface area contributed by atoms with Crippen molar-refractivity contribution in [2.75, 3.05) is 26.0 Å². The van der Waals surface area contributed by atoms with Crippen molar-refractivity contribution in [1.82, 2.24) is 9.62 Å². The third kappa shape index (κ3) is 4.70. The lowest BCUT2D eigenvalue weighted by Gasteiger charge is -2.32. The molecule has 1 N–H and O–H groups in total. The van der Waals surface area contributed by atoms with Crippen LogP contribution in [0.5, 0.6) is 5.75 Å². The van der Waals surface area contributed by atoms with E-state index in [-0.39, 0.29) is 17.7 Å². The zero-order valence-electron chi connectivity index (χ0n) is 14.5. The van der Waals surface area contributed by atoms with Crippen LogP contribution < -0.4 is 9.46 Å². The molecule has 1 aromatic carbocycles. The number of amides is 1. The molecular weight excluding hydrogens is 328 g/mol. The molecule has 24 heavy (non-hydrogen) atoms. The van der Waals surface area contributed by atoms with Crippen LogP contribution in [0.3, 0.4) is 0 Å². The van der Waals surface area contributed by atoms with E-state index in [2.05, 4.69) is 4.72 Å². The Hall–Kier alpha value is -1.60. The summed E-state index contributed by atoms with van der Waals surface area (Å²) in [6, 6.07) is 5.44. The fourth-order valence-electron chi connectivity index (χ4n) is 2.94. The van der Waals surface area contributed by atoms with Gasteiger partial charge in [-0.2, -0.15) is 0 Å². The molecule has 134 valence electrons. The maximum atomic E-state index is 12.7. The largest absolute Gasteiger partial charge is 0.496 e. The van der Waals surface area contributed by atoms with E-state index in [4.69, 9.17) is 4.74 Å². The van der Waals surface area contributed by atoms with E-state index in [1.54, 1.807) is 18.1 Å². The number of rotatable bonds is 6. The summed E-state index contributed by atoms with van der Waals surface area (Å²) in [5.41, 5.74) is 1.56. The van der Waals surface area contributed by atoms with Crippen molar-refractivity contribution >= 4 is 15.9 Å².